The van der Waals surface area contributed by atoms with Crippen LogP contribution in [-0.2, 0) is 23.5 Å². The normalized spacial score (nSPS) is 18.4. The van der Waals surface area contributed by atoms with E-state index in [1.54, 1.807) is 6.07 Å². The zero-order chi connectivity index (χ0) is 23.5. The van der Waals surface area contributed by atoms with E-state index in [2.05, 4.69) is 22.6 Å². The van der Waals surface area contributed by atoms with Crippen molar-refractivity contribution in [3.8, 4) is 5.75 Å². The lowest BCUT2D eigenvalue weighted by atomic mass is 9.98. The lowest BCUT2D eigenvalue weighted by Crippen LogP contribution is -2.16. The fourth-order valence-corrected chi connectivity index (χ4v) is 4.29. The molecule has 0 aromatic heterocycles. The molecule has 0 N–H and O–H groups in total. The molecule has 0 spiro atoms. The monoisotopic (exact) mass is 572 g/mol. The van der Waals surface area contributed by atoms with Crippen molar-refractivity contribution in [1.29, 1.82) is 0 Å². The zero-order valence-corrected chi connectivity index (χ0v) is 19.5. The van der Waals surface area contributed by atoms with E-state index >= 15 is 0 Å². The van der Waals surface area contributed by atoms with Gasteiger partial charge in [0.25, 0.3) is 0 Å². The number of halogens is 7. The highest BCUT2D eigenvalue weighted by atomic mass is 127. The molecule has 9 heteroatoms. The topological polar surface area (TPSA) is 18.5 Å². The smallest absolute Gasteiger partial charge is 0.416 e. The first-order valence-electron chi connectivity index (χ1n) is 10.3. The van der Waals surface area contributed by atoms with Crippen LogP contribution in [-0.4, -0.2) is 11.0 Å². The average molecular weight is 572 g/mol. The van der Waals surface area contributed by atoms with Crippen LogP contribution < -0.4 is 4.74 Å². The Kier molecular flexibility index (Phi) is 8.01. The molecule has 1 aliphatic rings. The standard InChI is InChI=1S/C23H23F6IO2/c1-14(16-11-17(22(24,25)26)13-18(12-16)23(27,28)29)32-21-10-15(7-8-30)5-6-19(21)20-4-2-3-9-31-20/h5-6,10-14,20H,2-4,7-9H2,1H3. The maximum Gasteiger partial charge on any atom is 0.416 e. The SMILES string of the molecule is CC(Oc1cc(CCI)ccc1C1CCCCO1)c1cc(C(F)(F)F)cc(C(F)(F)F)c1. The molecule has 32 heavy (non-hydrogen) atoms. The first kappa shape index (κ1) is 25.1. The molecule has 1 fully saturated rings. The van der Waals surface area contributed by atoms with E-state index < -0.39 is 29.6 Å². The summed E-state index contributed by atoms with van der Waals surface area (Å²) in [5.74, 6) is 0.428. The van der Waals surface area contributed by atoms with Crippen LogP contribution in [0.1, 0.15) is 66.2 Å². The van der Waals surface area contributed by atoms with Gasteiger partial charge in [0.1, 0.15) is 11.9 Å². The number of hydrogen-bond acceptors (Lipinski definition) is 2. The van der Waals surface area contributed by atoms with Gasteiger partial charge in [0.2, 0.25) is 0 Å². The van der Waals surface area contributed by atoms with Crippen LogP contribution in [0.5, 0.6) is 5.75 Å². The van der Waals surface area contributed by atoms with Crippen LogP contribution in [0.4, 0.5) is 26.3 Å². The van der Waals surface area contributed by atoms with E-state index in [1.165, 1.54) is 6.92 Å². The second-order valence-corrected chi connectivity index (χ2v) is 8.84. The molecular formula is C23H23F6IO2. The second kappa shape index (κ2) is 10.2. The van der Waals surface area contributed by atoms with E-state index in [4.69, 9.17) is 9.47 Å². The average Bonchev–Trinajstić information content (AvgIpc) is 2.73. The molecule has 0 saturated carbocycles. The molecular weight excluding hydrogens is 549 g/mol. The third-order valence-corrected chi connectivity index (χ3v) is 5.91. The van der Waals surface area contributed by atoms with Gasteiger partial charge in [0, 0.05) is 16.6 Å². The predicted molar refractivity (Wildman–Crippen MR) is 117 cm³/mol. The van der Waals surface area contributed by atoms with Crippen LogP contribution in [0.2, 0.25) is 0 Å². The summed E-state index contributed by atoms with van der Waals surface area (Å²) >= 11 is 2.23. The summed E-state index contributed by atoms with van der Waals surface area (Å²) in [5.41, 5.74) is -1.17. The largest absolute Gasteiger partial charge is 0.486 e. The molecule has 176 valence electrons. The number of alkyl halides is 7. The summed E-state index contributed by atoms with van der Waals surface area (Å²) in [6.45, 7) is 2.05. The maximum absolute atomic E-state index is 13.2. The van der Waals surface area contributed by atoms with Crippen molar-refractivity contribution in [3.63, 3.8) is 0 Å². The van der Waals surface area contributed by atoms with Gasteiger partial charge in [-0.1, -0.05) is 34.7 Å². The molecule has 3 rings (SSSR count). The Labute approximate surface area is 196 Å². The molecule has 2 unspecified atom stereocenters. The van der Waals surface area contributed by atoms with Crippen molar-refractivity contribution in [3.05, 3.63) is 64.2 Å². The van der Waals surface area contributed by atoms with Crippen molar-refractivity contribution in [2.24, 2.45) is 0 Å². The lowest BCUT2D eigenvalue weighted by Gasteiger charge is -2.27. The molecule has 1 aliphatic heterocycles. The molecule has 2 aromatic rings. The van der Waals surface area contributed by atoms with Gasteiger partial charge in [-0.05, 0) is 68.0 Å². The van der Waals surface area contributed by atoms with Gasteiger partial charge in [0.15, 0.2) is 0 Å². The van der Waals surface area contributed by atoms with Gasteiger partial charge in [-0.3, -0.25) is 0 Å². The van der Waals surface area contributed by atoms with E-state index in [9.17, 15) is 26.3 Å². The van der Waals surface area contributed by atoms with Crippen molar-refractivity contribution >= 4 is 22.6 Å². The van der Waals surface area contributed by atoms with Crippen molar-refractivity contribution < 1.29 is 35.8 Å². The third kappa shape index (κ3) is 6.30. The van der Waals surface area contributed by atoms with Crippen molar-refractivity contribution in [1.82, 2.24) is 0 Å². The summed E-state index contributed by atoms with van der Waals surface area (Å²) in [6.07, 6.45) is -7.61. The molecule has 1 saturated heterocycles. The Morgan fingerprint density at radius 1 is 1.00 bits per heavy atom. The Morgan fingerprint density at radius 2 is 1.66 bits per heavy atom. The fourth-order valence-electron chi connectivity index (χ4n) is 3.67. The Hall–Kier alpha value is -1.49. The highest BCUT2D eigenvalue weighted by Gasteiger charge is 2.37. The highest BCUT2D eigenvalue weighted by Crippen LogP contribution is 2.40. The second-order valence-electron chi connectivity index (χ2n) is 7.77. The molecule has 2 aromatic carbocycles. The summed E-state index contributed by atoms with van der Waals surface area (Å²) in [4.78, 5) is 0. The van der Waals surface area contributed by atoms with Gasteiger partial charge >= 0.3 is 12.4 Å². The minimum absolute atomic E-state index is 0.124. The predicted octanol–water partition coefficient (Wildman–Crippen LogP) is 8.08. The van der Waals surface area contributed by atoms with Gasteiger partial charge in [0.05, 0.1) is 17.2 Å². The number of rotatable bonds is 6. The number of aryl methyl sites for hydroxylation is 1. The summed E-state index contributed by atoms with van der Waals surface area (Å²) in [5, 5.41) is 0. The minimum atomic E-state index is -4.91. The first-order valence-corrected chi connectivity index (χ1v) is 11.8. The number of ether oxygens (including phenoxy) is 2. The minimum Gasteiger partial charge on any atom is -0.486 e. The fraction of sp³-hybridized carbons (Fsp3) is 0.478. The van der Waals surface area contributed by atoms with Gasteiger partial charge < -0.3 is 9.47 Å². The van der Waals surface area contributed by atoms with E-state index in [0.717, 1.165) is 41.2 Å². The quantitative estimate of drug-likeness (QED) is 0.198. The Balaban J connectivity index is 1.98. The lowest BCUT2D eigenvalue weighted by molar-refractivity contribution is -0.143. The van der Waals surface area contributed by atoms with E-state index in [0.29, 0.717) is 24.5 Å². The van der Waals surface area contributed by atoms with E-state index in [-0.39, 0.29) is 17.7 Å². The summed E-state index contributed by atoms with van der Waals surface area (Å²) in [6, 6.07) is 7.19. The Bertz CT molecular complexity index is 887. The molecule has 1 heterocycles. The number of hydrogen-bond donors (Lipinski definition) is 0. The zero-order valence-electron chi connectivity index (χ0n) is 17.3. The summed E-state index contributed by atoms with van der Waals surface area (Å²) < 4.78 is 92.2. The van der Waals surface area contributed by atoms with Gasteiger partial charge in [-0.25, -0.2) is 0 Å². The van der Waals surface area contributed by atoms with Crippen LogP contribution in [0.25, 0.3) is 0 Å². The first-order chi connectivity index (χ1) is 15.0. The highest BCUT2D eigenvalue weighted by molar-refractivity contribution is 14.1. The van der Waals surface area contributed by atoms with Crippen LogP contribution in [0, 0.1) is 0 Å². The van der Waals surface area contributed by atoms with Gasteiger partial charge in [-0.15, -0.1) is 0 Å². The maximum atomic E-state index is 13.2. The van der Waals surface area contributed by atoms with Crippen LogP contribution >= 0.6 is 22.6 Å². The van der Waals surface area contributed by atoms with E-state index in [1.807, 2.05) is 12.1 Å². The van der Waals surface area contributed by atoms with Crippen LogP contribution in [0.15, 0.2) is 36.4 Å². The number of benzene rings is 2. The molecule has 2 nitrogen and oxygen atoms in total. The molecule has 2 atom stereocenters. The Morgan fingerprint density at radius 3 is 2.19 bits per heavy atom. The van der Waals surface area contributed by atoms with Crippen LogP contribution in [0.3, 0.4) is 0 Å². The van der Waals surface area contributed by atoms with Crippen molar-refractivity contribution in [2.75, 3.05) is 11.0 Å². The molecule has 0 bridgehead atoms. The summed E-state index contributed by atoms with van der Waals surface area (Å²) in [7, 11) is 0. The molecule has 0 radical (unpaired) electrons. The van der Waals surface area contributed by atoms with Gasteiger partial charge in [-0.2, -0.15) is 26.3 Å². The molecule has 0 amide bonds. The van der Waals surface area contributed by atoms with Crippen molar-refractivity contribution in [2.45, 2.75) is 57.2 Å². The third-order valence-electron chi connectivity index (χ3n) is 5.37. The molecule has 0 aliphatic carbocycles.